The summed E-state index contributed by atoms with van der Waals surface area (Å²) in [5.74, 6) is -1.39. The van der Waals surface area contributed by atoms with Gasteiger partial charge in [-0.3, -0.25) is 9.59 Å². The van der Waals surface area contributed by atoms with Gasteiger partial charge in [-0.15, -0.1) is 0 Å². The van der Waals surface area contributed by atoms with Gasteiger partial charge >= 0.3 is 11.9 Å². The van der Waals surface area contributed by atoms with E-state index in [9.17, 15) is 23.1 Å². The topological polar surface area (TPSA) is 119 Å². The second-order valence-electron chi connectivity index (χ2n) is 5.83. The van der Waals surface area contributed by atoms with Crippen molar-refractivity contribution < 1.29 is 32.6 Å². The Morgan fingerprint density at radius 2 is 1.85 bits per heavy atom. The van der Waals surface area contributed by atoms with E-state index in [4.69, 9.17) is 9.47 Å². The summed E-state index contributed by atoms with van der Waals surface area (Å²) in [5.41, 5.74) is 1.56. The number of carboxylic acid groups (broad SMARTS) is 1. The minimum atomic E-state index is -4.11. The first kappa shape index (κ1) is 21.9. The summed E-state index contributed by atoms with van der Waals surface area (Å²) < 4.78 is 37.7. The van der Waals surface area contributed by atoms with Crippen LogP contribution >= 0.6 is 0 Å². The van der Waals surface area contributed by atoms with Crippen molar-refractivity contribution in [1.29, 1.82) is 0 Å². The Balaban J connectivity index is 3.15. The standard InChI is InChI=1S/C17H25NO7S/c1-6-25-15(19)8-7-13(17(20)21)18-26(22,23)16-10(2)9-14(24-5)11(3)12(16)4/h9,13,18H,6-8H2,1-5H3,(H,20,21)/t13-/m0/s1. The lowest BCUT2D eigenvalue weighted by atomic mass is 10.1. The molecule has 0 bridgehead atoms. The van der Waals surface area contributed by atoms with E-state index in [-0.39, 0.29) is 24.3 Å². The minimum Gasteiger partial charge on any atom is -0.496 e. The van der Waals surface area contributed by atoms with Gasteiger partial charge in [0, 0.05) is 6.42 Å². The molecule has 9 heteroatoms. The zero-order valence-corrected chi connectivity index (χ0v) is 16.4. The predicted octanol–water partition coefficient (Wildman–Crippen LogP) is 1.70. The van der Waals surface area contributed by atoms with Crippen LogP contribution in [0.15, 0.2) is 11.0 Å². The van der Waals surface area contributed by atoms with E-state index in [0.717, 1.165) is 0 Å². The van der Waals surface area contributed by atoms with Crippen LogP contribution in [0.2, 0.25) is 0 Å². The van der Waals surface area contributed by atoms with Gasteiger partial charge in [-0.2, -0.15) is 4.72 Å². The monoisotopic (exact) mass is 387 g/mol. The van der Waals surface area contributed by atoms with Crippen LogP contribution in [0.4, 0.5) is 0 Å². The van der Waals surface area contributed by atoms with Gasteiger partial charge in [0.25, 0.3) is 0 Å². The summed E-state index contributed by atoms with van der Waals surface area (Å²) >= 11 is 0. The molecule has 0 aromatic heterocycles. The molecule has 0 spiro atoms. The highest BCUT2D eigenvalue weighted by atomic mass is 32.2. The highest BCUT2D eigenvalue weighted by Crippen LogP contribution is 2.30. The van der Waals surface area contributed by atoms with Crippen LogP contribution in [0.1, 0.15) is 36.5 Å². The molecule has 0 saturated heterocycles. The highest BCUT2D eigenvalue weighted by molar-refractivity contribution is 7.89. The van der Waals surface area contributed by atoms with Crippen LogP contribution in [0, 0.1) is 20.8 Å². The first-order chi connectivity index (χ1) is 12.0. The van der Waals surface area contributed by atoms with Crippen LogP contribution in [-0.4, -0.2) is 45.2 Å². The number of esters is 1. The van der Waals surface area contributed by atoms with Crippen molar-refractivity contribution in [3.05, 3.63) is 22.8 Å². The molecule has 0 fully saturated rings. The van der Waals surface area contributed by atoms with E-state index in [2.05, 4.69) is 4.72 Å². The number of rotatable bonds is 9. The molecule has 0 heterocycles. The van der Waals surface area contributed by atoms with Crippen molar-refractivity contribution in [3.8, 4) is 5.75 Å². The zero-order valence-electron chi connectivity index (χ0n) is 15.6. The molecular weight excluding hydrogens is 362 g/mol. The molecule has 2 N–H and O–H groups in total. The average molecular weight is 387 g/mol. The van der Waals surface area contributed by atoms with E-state index in [0.29, 0.717) is 22.4 Å². The Kier molecular flexibility index (Phi) is 7.58. The highest BCUT2D eigenvalue weighted by Gasteiger charge is 2.29. The Labute approximate surface area is 153 Å². The third-order valence-electron chi connectivity index (χ3n) is 4.01. The molecule has 0 amide bonds. The number of carbonyl (C=O) groups is 2. The van der Waals surface area contributed by atoms with Crippen LogP contribution in [0.3, 0.4) is 0 Å². The van der Waals surface area contributed by atoms with E-state index >= 15 is 0 Å². The Morgan fingerprint density at radius 3 is 2.35 bits per heavy atom. The number of carboxylic acids is 1. The minimum absolute atomic E-state index is 0.0122. The molecule has 8 nitrogen and oxygen atoms in total. The van der Waals surface area contributed by atoms with E-state index in [1.54, 1.807) is 33.8 Å². The van der Waals surface area contributed by atoms with E-state index in [1.165, 1.54) is 7.11 Å². The summed E-state index contributed by atoms with van der Waals surface area (Å²) in [6.07, 6.45) is -0.409. The van der Waals surface area contributed by atoms with Crippen molar-refractivity contribution in [1.82, 2.24) is 4.72 Å². The van der Waals surface area contributed by atoms with Crippen LogP contribution in [0.5, 0.6) is 5.75 Å². The molecule has 1 aromatic carbocycles. The zero-order chi connectivity index (χ0) is 20.1. The molecule has 0 aliphatic rings. The number of sulfonamides is 1. The fourth-order valence-corrected chi connectivity index (χ4v) is 4.37. The summed E-state index contributed by atoms with van der Waals surface area (Å²) in [6.45, 7) is 6.77. The lowest BCUT2D eigenvalue weighted by Crippen LogP contribution is -2.41. The largest absolute Gasteiger partial charge is 0.496 e. The number of nitrogens with one attached hydrogen (secondary N) is 1. The Morgan fingerprint density at radius 1 is 1.23 bits per heavy atom. The molecule has 1 rings (SSSR count). The summed E-state index contributed by atoms with van der Waals surface area (Å²) in [4.78, 5) is 22.9. The van der Waals surface area contributed by atoms with Crippen molar-refractivity contribution >= 4 is 22.0 Å². The molecule has 0 aliphatic heterocycles. The molecule has 146 valence electrons. The smallest absolute Gasteiger partial charge is 0.321 e. The fourth-order valence-electron chi connectivity index (χ4n) is 2.62. The third-order valence-corrected chi connectivity index (χ3v) is 5.77. The number of ether oxygens (including phenoxy) is 2. The first-order valence-corrected chi connectivity index (χ1v) is 9.59. The number of carbonyl (C=O) groups excluding carboxylic acids is 1. The normalized spacial score (nSPS) is 12.5. The van der Waals surface area contributed by atoms with Gasteiger partial charge in [-0.25, -0.2) is 8.42 Å². The average Bonchev–Trinajstić information content (AvgIpc) is 2.54. The quantitative estimate of drug-likeness (QED) is 0.619. The summed E-state index contributed by atoms with van der Waals surface area (Å²) in [6, 6.07) is 0.149. The maximum atomic E-state index is 12.8. The van der Waals surface area contributed by atoms with Gasteiger partial charge in [0.05, 0.1) is 18.6 Å². The second kappa shape index (κ2) is 9.00. The number of aryl methyl sites for hydroxylation is 1. The fraction of sp³-hybridized carbons (Fsp3) is 0.529. The molecular formula is C17H25NO7S. The van der Waals surface area contributed by atoms with Gasteiger partial charge in [-0.1, -0.05) is 0 Å². The molecule has 0 aliphatic carbocycles. The van der Waals surface area contributed by atoms with Crippen LogP contribution < -0.4 is 9.46 Å². The van der Waals surface area contributed by atoms with Gasteiger partial charge < -0.3 is 14.6 Å². The lowest BCUT2D eigenvalue weighted by molar-refractivity contribution is -0.144. The van der Waals surface area contributed by atoms with Crippen molar-refractivity contribution in [3.63, 3.8) is 0 Å². The second-order valence-corrected chi connectivity index (χ2v) is 7.48. The van der Waals surface area contributed by atoms with Crippen LogP contribution in [0.25, 0.3) is 0 Å². The molecule has 1 aromatic rings. The Bertz CT molecular complexity index is 787. The van der Waals surface area contributed by atoms with E-state index in [1.807, 2.05) is 0 Å². The number of hydrogen-bond donors (Lipinski definition) is 2. The lowest BCUT2D eigenvalue weighted by Gasteiger charge is -2.19. The van der Waals surface area contributed by atoms with Gasteiger partial charge in [0.2, 0.25) is 10.0 Å². The summed E-state index contributed by atoms with van der Waals surface area (Å²) in [7, 11) is -2.62. The van der Waals surface area contributed by atoms with Crippen molar-refractivity contribution in [2.45, 2.75) is 51.5 Å². The van der Waals surface area contributed by atoms with Gasteiger partial charge in [0.1, 0.15) is 11.8 Å². The SMILES string of the molecule is CCOC(=O)CC[C@H](NS(=O)(=O)c1c(C)cc(OC)c(C)c1C)C(=O)O. The van der Waals surface area contributed by atoms with Crippen LogP contribution in [-0.2, 0) is 24.3 Å². The first-order valence-electron chi connectivity index (χ1n) is 8.10. The predicted molar refractivity (Wildman–Crippen MR) is 94.8 cm³/mol. The van der Waals surface area contributed by atoms with Gasteiger partial charge in [-0.05, 0) is 56.9 Å². The molecule has 0 radical (unpaired) electrons. The number of methoxy groups -OCH3 is 1. The maximum Gasteiger partial charge on any atom is 0.321 e. The summed E-state index contributed by atoms with van der Waals surface area (Å²) in [5, 5.41) is 9.30. The third kappa shape index (κ3) is 5.18. The number of hydrogen-bond acceptors (Lipinski definition) is 6. The van der Waals surface area contributed by atoms with E-state index < -0.39 is 28.0 Å². The maximum absolute atomic E-state index is 12.8. The van der Waals surface area contributed by atoms with Gasteiger partial charge in [0.15, 0.2) is 0 Å². The Hall–Kier alpha value is -2.13. The number of aliphatic carboxylic acids is 1. The number of benzene rings is 1. The van der Waals surface area contributed by atoms with Crippen molar-refractivity contribution in [2.75, 3.05) is 13.7 Å². The molecule has 0 saturated carbocycles. The molecule has 1 atom stereocenters. The molecule has 0 unspecified atom stereocenters. The molecule has 26 heavy (non-hydrogen) atoms. The van der Waals surface area contributed by atoms with Crippen molar-refractivity contribution in [2.24, 2.45) is 0 Å².